The Labute approximate surface area is 137 Å². The molecule has 1 amide bonds. The summed E-state index contributed by atoms with van der Waals surface area (Å²) in [5.41, 5.74) is 0.419. The highest BCUT2D eigenvalue weighted by Crippen LogP contribution is 2.34. The highest BCUT2D eigenvalue weighted by molar-refractivity contribution is 5.69. The molecule has 0 radical (unpaired) electrons. The Bertz CT molecular complexity index is 554. The van der Waals surface area contributed by atoms with Crippen LogP contribution >= 0.6 is 0 Å². The van der Waals surface area contributed by atoms with Crippen molar-refractivity contribution < 1.29 is 19.0 Å². The van der Waals surface area contributed by atoms with E-state index in [9.17, 15) is 4.79 Å². The lowest BCUT2D eigenvalue weighted by Crippen LogP contribution is -2.50. The summed E-state index contributed by atoms with van der Waals surface area (Å²) in [6.45, 7) is 7.60. The van der Waals surface area contributed by atoms with Crippen LogP contribution in [0.15, 0.2) is 18.2 Å². The van der Waals surface area contributed by atoms with Gasteiger partial charge >= 0.3 is 6.09 Å². The molecule has 1 aromatic carbocycles. The average Bonchev–Trinajstić information content (AvgIpc) is 2.52. The smallest absolute Gasteiger partial charge is 0.410 e. The molecule has 2 rings (SSSR count). The fourth-order valence-corrected chi connectivity index (χ4v) is 2.61. The van der Waals surface area contributed by atoms with Gasteiger partial charge in [0.2, 0.25) is 0 Å². The van der Waals surface area contributed by atoms with Crippen LogP contribution in [0.5, 0.6) is 11.5 Å². The largest absolute Gasteiger partial charge is 0.497 e. The molecule has 1 heterocycles. The monoisotopic (exact) mass is 322 g/mol. The molecule has 1 saturated heterocycles. The molecule has 23 heavy (non-hydrogen) atoms. The van der Waals surface area contributed by atoms with Crippen molar-refractivity contribution in [2.45, 2.75) is 32.4 Å². The lowest BCUT2D eigenvalue weighted by molar-refractivity contribution is 0.0116. The molecule has 0 saturated carbocycles. The number of rotatable bonds is 3. The van der Waals surface area contributed by atoms with Crippen molar-refractivity contribution in [3.63, 3.8) is 0 Å². The second kappa shape index (κ2) is 7.08. The van der Waals surface area contributed by atoms with Gasteiger partial charge in [-0.25, -0.2) is 4.79 Å². The van der Waals surface area contributed by atoms with E-state index in [4.69, 9.17) is 14.2 Å². The zero-order valence-electron chi connectivity index (χ0n) is 14.5. The number of methoxy groups -OCH3 is 2. The summed E-state index contributed by atoms with van der Waals surface area (Å²) in [7, 11) is 3.23. The molecule has 0 bridgehead atoms. The van der Waals surface area contributed by atoms with Crippen LogP contribution in [0, 0.1) is 0 Å². The summed E-state index contributed by atoms with van der Waals surface area (Å²) in [5, 5.41) is 3.32. The Morgan fingerprint density at radius 3 is 2.61 bits per heavy atom. The minimum Gasteiger partial charge on any atom is -0.497 e. The van der Waals surface area contributed by atoms with Crippen molar-refractivity contribution >= 4 is 6.09 Å². The number of ether oxygens (including phenoxy) is 3. The Morgan fingerprint density at radius 1 is 1.26 bits per heavy atom. The summed E-state index contributed by atoms with van der Waals surface area (Å²) in [6.07, 6.45) is -0.304. The molecule has 1 aliphatic rings. The van der Waals surface area contributed by atoms with E-state index >= 15 is 0 Å². The standard InChI is InChI=1S/C17H26N2O4/c1-17(2,3)23-16(20)19-9-8-18-11-14(19)13-7-6-12(21-4)10-15(13)22-5/h6-7,10,14,18H,8-9,11H2,1-5H3/t14-/m0/s1. The number of hydrogen-bond acceptors (Lipinski definition) is 5. The average molecular weight is 322 g/mol. The van der Waals surface area contributed by atoms with Crippen molar-refractivity contribution in [1.82, 2.24) is 10.2 Å². The van der Waals surface area contributed by atoms with E-state index in [1.54, 1.807) is 19.1 Å². The molecular formula is C17H26N2O4. The minimum atomic E-state index is -0.517. The topological polar surface area (TPSA) is 60.0 Å². The highest BCUT2D eigenvalue weighted by atomic mass is 16.6. The van der Waals surface area contributed by atoms with Crippen LogP contribution in [0.1, 0.15) is 32.4 Å². The number of amides is 1. The molecular weight excluding hydrogens is 296 g/mol. The van der Waals surface area contributed by atoms with E-state index in [1.807, 2.05) is 39.0 Å². The van der Waals surface area contributed by atoms with E-state index < -0.39 is 5.60 Å². The summed E-state index contributed by atoms with van der Waals surface area (Å²) in [4.78, 5) is 14.3. The maximum absolute atomic E-state index is 12.5. The number of carbonyl (C=O) groups excluding carboxylic acids is 1. The second-order valence-corrected chi connectivity index (χ2v) is 6.50. The first-order valence-electron chi connectivity index (χ1n) is 7.78. The van der Waals surface area contributed by atoms with E-state index in [2.05, 4.69) is 5.32 Å². The third kappa shape index (κ3) is 4.28. The first-order chi connectivity index (χ1) is 10.9. The van der Waals surface area contributed by atoms with Gasteiger partial charge in [-0.15, -0.1) is 0 Å². The molecule has 6 nitrogen and oxygen atoms in total. The van der Waals surface area contributed by atoms with E-state index in [-0.39, 0.29) is 12.1 Å². The second-order valence-electron chi connectivity index (χ2n) is 6.50. The van der Waals surface area contributed by atoms with Gasteiger partial charge in [-0.05, 0) is 32.9 Å². The normalized spacial score (nSPS) is 18.5. The first kappa shape index (κ1) is 17.4. The van der Waals surface area contributed by atoms with Crippen LogP contribution < -0.4 is 14.8 Å². The maximum Gasteiger partial charge on any atom is 0.410 e. The van der Waals surface area contributed by atoms with Gasteiger partial charge in [-0.2, -0.15) is 0 Å². The Kier molecular flexibility index (Phi) is 5.36. The lowest BCUT2D eigenvalue weighted by atomic mass is 10.0. The van der Waals surface area contributed by atoms with Crippen molar-refractivity contribution in [2.75, 3.05) is 33.9 Å². The third-order valence-corrected chi connectivity index (χ3v) is 3.67. The molecule has 1 N–H and O–H groups in total. The molecule has 6 heteroatoms. The van der Waals surface area contributed by atoms with E-state index in [0.29, 0.717) is 18.8 Å². The molecule has 1 aromatic rings. The number of hydrogen-bond donors (Lipinski definition) is 1. The zero-order valence-corrected chi connectivity index (χ0v) is 14.5. The molecule has 1 aliphatic heterocycles. The van der Waals surface area contributed by atoms with Gasteiger partial charge in [0.15, 0.2) is 0 Å². The first-order valence-corrected chi connectivity index (χ1v) is 7.78. The van der Waals surface area contributed by atoms with Gasteiger partial charge in [0, 0.05) is 31.3 Å². The fraction of sp³-hybridized carbons (Fsp3) is 0.588. The van der Waals surface area contributed by atoms with Crippen LogP contribution in [-0.4, -0.2) is 50.4 Å². The molecule has 1 fully saturated rings. The Hall–Kier alpha value is -1.95. The third-order valence-electron chi connectivity index (χ3n) is 3.67. The van der Waals surface area contributed by atoms with Gasteiger partial charge in [0.25, 0.3) is 0 Å². The number of carbonyl (C=O) groups is 1. The molecule has 0 unspecified atom stereocenters. The molecule has 128 valence electrons. The minimum absolute atomic E-state index is 0.139. The zero-order chi connectivity index (χ0) is 17.0. The van der Waals surface area contributed by atoms with Gasteiger partial charge in [-0.1, -0.05) is 0 Å². The summed E-state index contributed by atoms with van der Waals surface area (Å²) < 4.78 is 16.3. The molecule has 1 atom stereocenters. The Morgan fingerprint density at radius 2 is 2.00 bits per heavy atom. The van der Waals surface area contributed by atoms with E-state index in [0.717, 1.165) is 17.9 Å². The number of piperazine rings is 1. The van der Waals surface area contributed by atoms with Gasteiger partial charge in [0.05, 0.1) is 20.3 Å². The van der Waals surface area contributed by atoms with Gasteiger partial charge in [-0.3, -0.25) is 4.90 Å². The Balaban J connectivity index is 2.29. The van der Waals surface area contributed by atoms with Crippen LogP contribution in [0.4, 0.5) is 4.79 Å². The maximum atomic E-state index is 12.5. The van der Waals surface area contributed by atoms with Crippen molar-refractivity contribution in [2.24, 2.45) is 0 Å². The number of nitrogens with zero attached hydrogens (tertiary/aromatic N) is 1. The van der Waals surface area contributed by atoms with Gasteiger partial charge < -0.3 is 19.5 Å². The van der Waals surface area contributed by atoms with Crippen molar-refractivity contribution in [1.29, 1.82) is 0 Å². The predicted molar refractivity (Wildman–Crippen MR) is 88.1 cm³/mol. The summed E-state index contributed by atoms with van der Waals surface area (Å²) in [5.74, 6) is 1.42. The molecule has 0 aliphatic carbocycles. The predicted octanol–water partition coefficient (Wildman–Crippen LogP) is 2.59. The van der Waals surface area contributed by atoms with Crippen LogP contribution in [0.2, 0.25) is 0 Å². The van der Waals surface area contributed by atoms with E-state index in [1.165, 1.54) is 0 Å². The van der Waals surface area contributed by atoms with Gasteiger partial charge in [0.1, 0.15) is 17.1 Å². The summed E-state index contributed by atoms with van der Waals surface area (Å²) in [6, 6.07) is 5.50. The van der Waals surface area contributed by atoms with Crippen molar-refractivity contribution in [3.05, 3.63) is 23.8 Å². The quantitative estimate of drug-likeness (QED) is 0.927. The highest BCUT2D eigenvalue weighted by Gasteiger charge is 2.33. The van der Waals surface area contributed by atoms with Crippen LogP contribution in [0.25, 0.3) is 0 Å². The number of nitrogens with one attached hydrogen (secondary N) is 1. The molecule has 0 aromatic heterocycles. The SMILES string of the molecule is COc1ccc([C@@H]2CNCCN2C(=O)OC(C)(C)C)c(OC)c1. The number of benzene rings is 1. The van der Waals surface area contributed by atoms with Crippen LogP contribution in [-0.2, 0) is 4.74 Å². The van der Waals surface area contributed by atoms with Crippen LogP contribution in [0.3, 0.4) is 0 Å². The lowest BCUT2D eigenvalue weighted by Gasteiger charge is -2.37. The van der Waals surface area contributed by atoms with Crippen molar-refractivity contribution in [3.8, 4) is 11.5 Å². The fourth-order valence-electron chi connectivity index (χ4n) is 2.61. The summed E-state index contributed by atoms with van der Waals surface area (Å²) >= 11 is 0. The molecule has 0 spiro atoms.